The fourth-order valence-electron chi connectivity index (χ4n) is 4.23. The number of rotatable bonds is 2. The van der Waals surface area contributed by atoms with Crippen molar-refractivity contribution in [2.75, 3.05) is 43.6 Å². The topological polar surface area (TPSA) is 90.7 Å². The van der Waals surface area contributed by atoms with Gasteiger partial charge < -0.3 is 24.4 Å². The standard InChI is InChI=1S/C23H27N5O4/c1-23(2,3)32-22(29)28-12-16(15-6-5-7-18(30-4)19(15)28)20-25-11-17-21(26-20)27-8-9-31-13-14(27)10-24-17/h5-7,11-12,14,24H,8-10,13H2,1-4H3. The molecule has 9 heteroatoms. The van der Waals surface area contributed by atoms with E-state index in [-0.39, 0.29) is 6.04 Å². The largest absolute Gasteiger partial charge is 0.495 e. The van der Waals surface area contributed by atoms with E-state index in [1.54, 1.807) is 19.5 Å². The molecule has 4 heterocycles. The van der Waals surface area contributed by atoms with E-state index in [4.69, 9.17) is 19.2 Å². The highest BCUT2D eigenvalue weighted by Gasteiger charge is 2.31. The van der Waals surface area contributed by atoms with Gasteiger partial charge >= 0.3 is 6.09 Å². The number of carbonyl (C=O) groups excluding carboxylic acids is 1. The summed E-state index contributed by atoms with van der Waals surface area (Å²) >= 11 is 0. The molecule has 0 aliphatic carbocycles. The third-order valence-electron chi connectivity index (χ3n) is 5.64. The number of benzene rings is 1. The summed E-state index contributed by atoms with van der Waals surface area (Å²) in [5, 5.41) is 4.22. The summed E-state index contributed by atoms with van der Waals surface area (Å²) in [5.41, 5.74) is 1.64. The average Bonchev–Trinajstić information content (AvgIpc) is 3.17. The third-order valence-corrected chi connectivity index (χ3v) is 5.64. The molecule has 2 aliphatic rings. The third kappa shape index (κ3) is 3.52. The quantitative estimate of drug-likeness (QED) is 0.651. The molecule has 1 atom stereocenters. The predicted molar refractivity (Wildman–Crippen MR) is 122 cm³/mol. The lowest BCUT2D eigenvalue weighted by Gasteiger charge is -2.41. The minimum atomic E-state index is -0.630. The van der Waals surface area contributed by atoms with Gasteiger partial charge in [0, 0.05) is 30.2 Å². The number of nitrogens with one attached hydrogen (secondary N) is 1. The first-order valence-electron chi connectivity index (χ1n) is 10.7. The van der Waals surface area contributed by atoms with Crippen LogP contribution in [0.15, 0.2) is 30.6 Å². The number of aromatic nitrogens is 3. The Hall–Kier alpha value is -3.33. The maximum Gasteiger partial charge on any atom is 0.419 e. The number of fused-ring (bicyclic) bond motifs is 4. The Morgan fingerprint density at radius 1 is 1.31 bits per heavy atom. The molecule has 1 fully saturated rings. The van der Waals surface area contributed by atoms with Crippen molar-refractivity contribution in [1.82, 2.24) is 14.5 Å². The number of morpholine rings is 1. The zero-order chi connectivity index (χ0) is 22.5. The van der Waals surface area contributed by atoms with E-state index in [1.807, 2.05) is 39.0 Å². The van der Waals surface area contributed by atoms with E-state index in [2.05, 4.69) is 15.2 Å². The number of hydrogen-bond acceptors (Lipinski definition) is 8. The Labute approximate surface area is 186 Å². The molecule has 168 valence electrons. The second kappa shape index (κ2) is 7.67. The summed E-state index contributed by atoms with van der Waals surface area (Å²) in [4.78, 5) is 24.8. The van der Waals surface area contributed by atoms with Gasteiger partial charge in [-0.3, -0.25) is 0 Å². The van der Waals surface area contributed by atoms with Gasteiger partial charge in [0.15, 0.2) is 11.6 Å². The van der Waals surface area contributed by atoms with Crippen LogP contribution in [0, 0.1) is 0 Å². The normalized spacial score (nSPS) is 18.0. The number of para-hydroxylation sites is 1. The van der Waals surface area contributed by atoms with E-state index in [0.717, 1.165) is 35.5 Å². The highest BCUT2D eigenvalue weighted by Crippen LogP contribution is 2.37. The van der Waals surface area contributed by atoms with Gasteiger partial charge in [-0.2, -0.15) is 0 Å². The summed E-state index contributed by atoms with van der Waals surface area (Å²) in [6.45, 7) is 8.44. The highest BCUT2D eigenvalue weighted by atomic mass is 16.6. The predicted octanol–water partition coefficient (Wildman–Crippen LogP) is 3.52. The van der Waals surface area contributed by atoms with E-state index in [9.17, 15) is 4.79 Å². The van der Waals surface area contributed by atoms with Gasteiger partial charge in [-0.25, -0.2) is 19.3 Å². The molecule has 1 saturated heterocycles. The van der Waals surface area contributed by atoms with Crippen molar-refractivity contribution < 1.29 is 19.0 Å². The zero-order valence-corrected chi connectivity index (χ0v) is 18.7. The Balaban J connectivity index is 1.65. The second-order valence-corrected chi connectivity index (χ2v) is 8.98. The molecule has 1 aromatic carbocycles. The highest BCUT2D eigenvalue weighted by molar-refractivity contribution is 6.02. The van der Waals surface area contributed by atoms with Gasteiger partial charge in [-0.15, -0.1) is 0 Å². The van der Waals surface area contributed by atoms with Crippen molar-refractivity contribution in [2.24, 2.45) is 0 Å². The van der Waals surface area contributed by atoms with Crippen molar-refractivity contribution >= 4 is 28.5 Å². The lowest BCUT2D eigenvalue weighted by molar-refractivity contribution is 0.0544. The zero-order valence-electron chi connectivity index (χ0n) is 18.7. The van der Waals surface area contributed by atoms with Crippen LogP contribution in [0.4, 0.5) is 16.3 Å². The van der Waals surface area contributed by atoms with Gasteiger partial charge in [-0.1, -0.05) is 12.1 Å². The first-order chi connectivity index (χ1) is 15.4. The molecule has 2 aromatic heterocycles. The van der Waals surface area contributed by atoms with E-state index < -0.39 is 11.7 Å². The summed E-state index contributed by atoms with van der Waals surface area (Å²) < 4.78 is 18.3. The number of hydrogen-bond donors (Lipinski definition) is 1. The Morgan fingerprint density at radius 2 is 2.16 bits per heavy atom. The van der Waals surface area contributed by atoms with E-state index in [1.165, 1.54) is 4.57 Å². The number of ether oxygens (including phenoxy) is 3. The Morgan fingerprint density at radius 3 is 2.94 bits per heavy atom. The summed E-state index contributed by atoms with van der Waals surface area (Å²) in [5.74, 6) is 1.97. The number of carbonyl (C=O) groups is 1. The SMILES string of the molecule is COc1cccc2c(-c3ncc4c(n3)N3CCOCC3CN4)cn(C(=O)OC(C)(C)C)c12. The van der Waals surface area contributed by atoms with Crippen LogP contribution >= 0.6 is 0 Å². The first kappa shape index (κ1) is 20.6. The van der Waals surface area contributed by atoms with E-state index in [0.29, 0.717) is 30.3 Å². The molecule has 2 aliphatic heterocycles. The molecular formula is C23H27N5O4. The van der Waals surface area contributed by atoms with Crippen molar-refractivity contribution in [1.29, 1.82) is 0 Å². The molecule has 0 radical (unpaired) electrons. The second-order valence-electron chi connectivity index (χ2n) is 8.98. The molecule has 32 heavy (non-hydrogen) atoms. The molecule has 0 bridgehead atoms. The molecule has 0 saturated carbocycles. The van der Waals surface area contributed by atoms with Crippen LogP contribution in [0.3, 0.4) is 0 Å². The van der Waals surface area contributed by atoms with Gasteiger partial charge in [-0.05, 0) is 26.8 Å². The van der Waals surface area contributed by atoms with Crippen molar-refractivity contribution in [3.63, 3.8) is 0 Å². The molecule has 9 nitrogen and oxygen atoms in total. The fourth-order valence-corrected chi connectivity index (χ4v) is 4.23. The van der Waals surface area contributed by atoms with Crippen LogP contribution in [0.1, 0.15) is 20.8 Å². The fraction of sp³-hybridized carbons (Fsp3) is 0.435. The Bertz CT molecular complexity index is 1180. The minimum Gasteiger partial charge on any atom is -0.495 e. The van der Waals surface area contributed by atoms with Gasteiger partial charge in [0.05, 0.1) is 38.2 Å². The Kier molecular flexibility index (Phi) is 4.93. The van der Waals surface area contributed by atoms with Crippen LogP contribution in [0.5, 0.6) is 5.75 Å². The van der Waals surface area contributed by atoms with Crippen LogP contribution in [-0.2, 0) is 9.47 Å². The molecular weight excluding hydrogens is 410 g/mol. The van der Waals surface area contributed by atoms with Crippen molar-refractivity contribution in [3.05, 3.63) is 30.6 Å². The molecule has 3 aromatic rings. The molecule has 1 N–H and O–H groups in total. The lowest BCUT2D eigenvalue weighted by atomic mass is 10.1. The van der Waals surface area contributed by atoms with Crippen molar-refractivity contribution in [2.45, 2.75) is 32.4 Å². The lowest BCUT2D eigenvalue weighted by Crippen LogP contribution is -2.52. The van der Waals surface area contributed by atoms with Gasteiger partial charge in [0.1, 0.15) is 16.9 Å². The van der Waals surface area contributed by atoms with Gasteiger partial charge in [0.2, 0.25) is 0 Å². The van der Waals surface area contributed by atoms with Crippen LogP contribution in [-0.4, -0.2) is 65.7 Å². The summed E-state index contributed by atoms with van der Waals surface area (Å²) in [6, 6.07) is 5.89. The molecule has 0 amide bonds. The number of anilines is 2. The molecule has 1 unspecified atom stereocenters. The molecule has 0 spiro atoms. The van der Waals surface area contributed by atoms with Crippen molar-refractivity contribution in [3.8, 4) is 17.1 Å². The number of methoxy groups -OCH3 is 1. The first-order valence-corrected chi connectivity index (χ1v) is 10.7. The van der Waals surface area contributed by atoms with Crippen LogP contribution in [0.2, 0.25) is 0 Å². The number of nitrogens with zero attached hydrogens (tertiary/aromatic N) is 4. The average molecular weight is 438 g/mol. The maximum absolute atomic E-state index is 13.0. The molecule has 5 rings (SSSR count). The monoisotopic (exact) mass is 437 g/mol. The summed E-state index contributed by atoms with van der Waals surface area (Å²) in [7, 11) is 1.58. The van der Waals surface area contributed by atoms with Gasteiger partial charge in [0.25, 0.3) is 0 Å². The smallest absolute Gasteiger partial charge is 0.419 e. The van der Waals surface area contributed by atoms with E-state index >= 15 is 0 Å². The maximum atomic E-state index is 13.0. The van der Waals surface area contributed by atoms with Crippen LogP contribution < -0.4 is 15.0 Å². The minimum absolute atomic E-state index is 0.238. The van der Waals surface area contributed by atoms with Crippen LogP contribution in [0.25, 0.3) is 22.3 Å². The summed E-state index contributed by atoms with van der Waals surface area (Å²) in [6.07, 6.45) is 3.06.